The lowest BCUT2D eigenvalue weighted by molar-refractivity contribution is -0.141. The molecule has 2 heterocycles. The molecule has 1 aliphatic heterocycles. The molecule has 1 amide bonds. The van der Waals surface area contributed by atoms with Crippen molar-refractivity contribution in [1.82, 2.24) is 20.0 Å². The van der Waals surface area contributed by atoms with Gasteiger partial charge in [-0.25, -0.2) is 0 Å². The maximum absolute atomic E-state index is 12.9. The minimum atomic E-state index is -4.55. The lowest BCUT2D eigenvalue weighted by Gasteiger charge is -2.25. The van der Waals surface area contributed by atoms with Crippen LogP contribution in [0.25, 0.3) is 0 Å². The van der Waals surface area contributed by atoms with Crippen molar-refractivity contribution >= 4 is 5.91 Å². The summed E-state index contributed by atoms with van der Waals surface area (Å²) in [5.74, 6) is -0.496. The number of rotatable bonds is 6. The van der Waals surface area contributed by atoms with Crippen molar-refractivity contribution in [3.63, 3.8) is 0 Å². The van der Waals surface area contributed by atoms with Crippen LogP contribution in [-0.4, -0.2) is 52.1 Å². The molecule has 1 aliphatic rings. The van der Waals surface area contributed by atoms with E-state index in [1.54, 1.807) is 4.90 Å². The second-order valence-electron chi connectivity index (χ2n) is 6.87. The van der Waals surface area contributed by atoms with Gasteiger partial charge in [-0.15, -0.1) is 0 Å². The number of carbonyl (C=O) groups excluding carboxylic acids is 1. The summed E-state index contributed by atoms with van der Waals surface area (Å²) in [6, 6.07) is 8.47. The van der Waals surface area contributed by atoms with E-state index >= 15 is 0 Å². The molecule has 0 radical (unpaired) electrons. The van der Waals surface area contributed by atoms with Gasteiger partial charge in [-0.2, -0.15) is 18.3 Å². The average molecular weight is 380 g/mol. The van der Waals surface area contributed by atoms with E-state index in [0.717, 1.165) is 43.1 Å². The van der Waals surface area contributed by atoms with E-state index in [1.165, 1.54) is 0 Å². The minimum absolute atomic E-state index is 0.211. The van der Waals surface area contributed by atoms with E-state index in [0.29, 0.717) is 19.6 Å². The normalized spacial score (nSPS) is 15.3. The summed E-state index contributed by atoms with van der Waals surface area (Å²) in [7, 11) is 0. The number of aromatic nitrogens is 2. The van der Waals surface area contributed by atoms with Crippen LogP contribution in [0.4, 0.5) is 13.2 Å². The Morgan fingerprint density at radius 2 is 1.96 bits per heavy atom. The maximum atomic E-state index is 12.9. The zero-order chi connectivity index (χ0) is 19.4. The lowest BCUT2D eigenvalue weighted by Crippen LogP contribution is -2.37. The van der Waals surface area contributed by atoms with E-state index in [1.807, 2.05) is 36.3 Å². The number of aryl methyl sites for hydroxylation is 1. The Morgan fingerprint density at radius 1 is 1.26 bits per heavy atom. The van der Waals surface area contributed by atoms with Crippen LogP contribution in [0.15, 0.2) is 30.3 Å². The van der Waals surface area contributed by atoms with Gasteiger partial charge in [0.05, 0.1) is 0 Å². The van der Waals surface area contributed by atoms with Gasteiger partial charge in [-0.3, -0.25) is 9.89 Å². The molecule has 0 spiro atoms. The molecular formula is C19H23F3N4O. The zero-order valence-electron chi connectivity index (χ0n) is 15.2. The highest BCUT2D eigenvalue weighted by Crippen LogP contribution is 2.28. The van der Waals surface area contributed by atoms with Crippen LogP contribution in [0, 0.1) is 6.92 Å². The number of hydrogen-bond donors (Lipinski definition) is 1. The topological polar surface area (TPSA) is 52.2 Å². The predicted molar refractivity (Wildman–Crippen MR) is 95.2 cm³/mol. The highest BCUT2D eigenvalue weighted by molar-refractivity contribution is 5.92. The van der Waals surface area contributed by atoms with Crippen LogP contribution in [0.3, 0.4) is 0 Å². The highest BCUT2D eigenvalue weighted by Gasteiger charge is 2.34. The first-order chi connectivity index (χ1) is 12.8. The average Bonchev–Trinajstić information content (AvgIpc) is 3.30. The molecule has 1 aromatic carbocycles. The zero-order valence-corrected chi connectivity index (χ0v) is 15.2. The van der Waals surface area contributed by atoms with Gasteiger partial charge < -0.3 is 9.80 Å². The van der Waals surface area contributed by atoms with Crippen molar-refractivity contribution in [1.29, 1.82) is 0 Å². The fourth-order valence-electron chi connectivity index (χ4n) is 3.25. The number of alkyl halides is 3. The summed E-state index contributed by atoms with van der Waals surface area (Å²) in [6.07, 6.45) is -2.28. The van der Waals surface area contributed by atoms with E-state index < -0.39 is 17.8 Å². The van der Waals surface area contributed by atoms with Gasteiger partial charge in [0.25, 0.3) is 5.91 Å². The molecule has 1 aromatic heterocycles. The predicted octanol–water partition coefficient (Wildman–Crippen LogP) is 3.48. The van der Waals surface area contributed by atoms with Crippen molar-refractivity contribution in [2.24, 2.45) is 0 Å². The fourth-order valence-corrected chi connectivity index (χ4v) is 3.25. The molecule has 1 N–H and O–H groups in total. The summed E-state index contributed by atoms with van der Waals surface area (Å²) in [5, 5.41) is 5.52. The molecule has 3 rings (SSSR count). The standard InChI is InChI=1S/C19H23F3N4O/c1-14-6-2-3-7-15(14)13-26(11-10-25-8-4-5-9-25)18(27)16-12-17(24-23-16)19(20,21)22/h2-3,6-7,12H,4-5,8-11,13H2,1H3,(H,23,24). The van der Waals surface area contributed by atoms with Crippen molar-refractivity contribution in [2.75, 3.05) is 26.2 Å². The number of amides is 1. The van der Waals surface area contributed by atoms with E-state index in [2.05, 4.69) is 10.00 Å². The summed E-state index contributed by atoms with van der Waals surface area (Å²) in [6.45, 7) is 5.43. The van der Waals surface area contributed by atoms with Gasteiger partial charge >= 0.3 is 6.18 Å². The van der Waals surface area contributed by atoms with Gasteiger partial charge in [0.15, 0.2) is 5.69 Å². The minimum Gasteiger partial charge on any atom is -0.332 e. The molecule has 27 heavy (non-hydrogen) atoms. The Hall–Kier alpha value is -2.35. The van der Waals surface area contributed by atoms with Gasteiger partial charge in [-0.1, -0.05) is 24.3 Å². The second kappa shape index (κ2) is 8.12. The molecule has 1 fully saturated rings. The van der Waals surface area contributed by atoms with Crippen LogP contribution in [-0.2, 0) is 12.7 Å². The third-order valence-corrected chi connectivity index (χ3v) is 4.90. The van der Waals surface area contributed by atoms with E-state index in [4.69, 9.17) is 0 Å². The number of hydrogen-bond acceptors (Lipinski definition) is 3. The van der Waals surface area contributed by atoms with Crippen molar-refractivity contribution in [3.8, 4) is 0 Å². The summed E-state index contributed by atoms with van der Waals surface area (Å²) in [5.41, 5.74) is 0.784. The third kappa shape index (κ3) is 4.88. The molecule has 2 aromatic rings. The smallest absolute Gasteiger partial charge is 0.332 e. The van der Waals surface area contributed by atoms with Crippen LogP contribution < -0.4 is 0 Å². The Labute approximate surface area is 156 Å². The van der Waals surface area contributed by atoms with Crippen LogP contribution in [0.5, 0.6) is 0 Å². The van der Waals surface area contributed by atoms with Crippen molar-refractivity contribution < 1.29 is 18.0 Å². The number of likely N-dealkylation sites (tertiary alicyclic amines) is 1. The Morgan fingerprint density at radius 3 is 2.59 bits per heavy atom. The van der Waals surface area contributed by atoms with Gasteiger partial charge in [0.1, 0.15) is 5.69 Å². The summed E-state index contributed by atoms with van der Waals surface area (Å²) in [4.78, 5) is 16.7. The number of nitrogens with zero attached hydrogens (tertiary/aromatic N) is 3. The number of aromatic amines is 1. The maximum Gasteiger partial charge on any atom is 0.432 e. The van der Waals surface area contributed by atoms with Crippen molar-refractivity contribution in [2.45, 2.75) is 32.5 Å². The van der Waals surface area contributed by atoms with Gasteiger partial charge in [0, 0.05) is 25.7 Å². The van der Waals surface area contributed by atoms with Crippen molar-refractivity contribution in [3.05, 3.63) is 52.8 Å². The van der Waals surface area contributed by atoms with Gasteiger partial charge in [-0.05, 0) is 44.0 Å². The molecular weight excluding hydrogens is 357 g/mol. The molecule has 5 nitrogen and oxygen atoms in total. The Kier molecular flexibility index (Phi) is 5.84. The molecule has 0 atom stereocenters. The molecule has 1 saturated heterocycles. The first-order valence-corrected chi connectivity index (χ1v) is 9.03. The Bertz CT molecular complexity index is 781. The monoisotopic (exact) mass is 380 g/mol. The van der Waals surface area contributed by atoms with E-state index in [-0.39, 0.29) is 5.69 Å². The SMILES string of the molecule is Cc1ccccc1CN(CCN1CCCC1)C(=O)c1cc(C(F)(F)F)[nH]n1. The largest absolute Gasteiger partial charge is 0.432 e. The number of carbonyl (C=O) groups is 1. The first kappa shape index (κ1) is 19.4. The molecule has 0 unspecified atom stereocenters. The Balaban J connectivity index is 1.78. The molecule has 0 aliphatic carbocycles. The summed E-state index contributed by atoms with van der Waals surface area (Å²) < 4.78 is 38.4. The number of H-pyrrole nitrogens is 1. The van der Waals surface area contributed by atoms with Crippen LogP contribution in [0.2, 0.25) is 0 Å². The quantitative estimate of drug-likeness (QED) is 0.835. The van der Waals surface area contributed by atoms with Gasteiger partial charge in [0.2, 0.25) is 0 Å². The van der Waals surface area contributed by atoms with E-state index in [9.17, 15) is 18.0 Å². The number of benzene rings is 1. The lowest BCUT2D eigenvalue weighted by atomic mass is 10.1. The number of nitrogens with one attached hydrogen (secondary N) is 1. The molecule has 0 bridgehead atoms. The molecule has 0 saturated carbocycles. The molecule has 146 valence electrons. The van der Waals surface area contributed by atoms with Crippen LogP contribution in [0.1, 0.15) is 40.2 Å². The third-order valence-electron chi connectivity index (χ3n) is 4.90. The number of halogens is 3. The summed E-state index contributed by atoms with van der Waals surface area (Å²) >= 11 is 0. The highest BCUT2D eigenvalue weighted by atomic mass is 19.4. The first-order valence-electron chi connectivity index (χ1n) is 9.03. The van der Waals surface area contributed by atoms with Crippen LogP contribution >= 0.6 is 0 Å². The fraction of sp³-hybridized carbons (Fsp3) is 0.474. The second-order valence-corrected chi connectivity index (χ2v) is 6.87. The molecule has 8 heteroatoms.